The zero-order chi connectivity index (χ0) is 10.9. The van der Waals surface area contributed by atoms with Crippen molar-refractivity contribution in [1.29, 1.82) is 0 Å². The van der Waals surface area contributed by atoms with E-state index in [9.17, 15) is 5.11 Å². The fraction of sp³-hybridized carbons (Fsp3) is 1.00. The van der Waals surface area contributed by atoms with Gasteiger partial charge in [0.05, 0.1) is 12.7 Å². The van der Waals surface area contributed by atoms with Gasteiger partial charge in [-0.2, -0.15) is 0 Å². The van der Waals surface area contributed by atoms with E-state index in [1.54, 1.807) is 0 Å². The van der Waals surface area contributed by atoms with Gasteiger partial charge in [-0.1, -0.05) is 13.8 Å². The monoisotopic (exact) mass is 213 g/mol. The maximum absolute atomic E-state index is 9.64. The lowest BCUT2D eigenvalue weighted by atomic mass is 10.2. The average molecular weight is 213 g/mol. The first-order chi connectivity index (χ1) is 7.08. The number of nitrogens with one attached hydrogen (secondary N) is 1. The van der Waals surface area contributed by atoms with Crippen LogP contribution < -0.4 is 5.32 Å². The van der Waals surface area contributed by atoms with Crippen molar-refractivity contribution in [1.82, 2.24) is 5.32 Å². The number of aliphatic hydroxyl groups excluding tert-OH is 1. The maximum Gasteiger partial charge on any atom is 0.0897 e. The summed E-state index contributed by atoms with van der Waals surface area (Å²) in [6, 6.07) is 0.593. The Morgan fingerprint density at radius 3 is 2.67 bits per heavy atom. The summed E-state index contributed by atoms with van der Waals surface area (Å²) in [5.74, 6) is 0.785. The topological polar surface area (TPSA) is 41.5 Å². The molecule has 0 bridgehead atoms. The van der Waals surface area contributed by atoms with Gasteiger partial charge in [0.15, 0.2) is 0 Å². The SMILES string of the molecule is CC1(C)CC1NCC(O)COCC1CC1. The van der Waals surface area contributed by atoms with Crippen molar-refractivity contribution in [3.8, 4) is 0 Å². The van der Waals surface area contributed by atoms with Crippen LogP contribution in [0.4, 0.5) is 0 Å². The Hall–Kier alpha value is -0.120. The zero-order valence-electron chi connectivity index (χ0n) is 9.83. The van der Waals surface area contributed by atoms with Gasteiger partial charge in [0, 0.05) is 19.2 Å². The molecular weight excluding hydrogens is 190 g/mol. The summed E-state index contributed by atoms with van der Waals surface area (Å²) in [6.45, 7) is 6.49. The maximum atomic E-state index is 9.64. The van der Waals surface area contributed by atoms with E-state index < -0.39 is 0 Å². The first kappa shape index (κ1) is 11.4. The number of rotatable bonds is 7. The summed E-state index contributed by atoms with van der Waals surface area (Å²) in [6.07, 6.45) is 3.50. The Morgan fingerprint density at radius 1 is 1.47 bits per heavy atom. The molecule has 88 valence electrons. The quantitative estimate of drug-likeness (QED) is 0.667. The Balaban J connectivity index is 1.47. The van der Waals surface area contributed by atoms with E-state index in [0.29, 0.717) is 24.6 Å². The molecular formula is C12H23NO2. The third-order valence-corrected chi connectivity index (χ3v) is 3.47. The predicted octanol–water partition coefficient (Wildman–Crippen LogP) is 1.16. The van der Waals surface area contributed by atoms with E-state index in [0.717, 1.165) is 12.5 Å². The van der Waals surface area contributed by atoms with Gasteiger partial charge in [-0.05, 0) is 30.6 Å². The fourth-order valence-electron chi connectivity index (χ4n) is 1.81. The fourth-order valence-corrected chi connectivity index (χ4v) is 1.81. The summed E-state index contributed by atoms with van der Waals surface area (Å²) >= 11 is 0. The highest BCUT2D eigenvalue weighted by Crippen LogP contribution is 2.44. The van der Waals surface area contributed by atoms with E-state index in [-0.39, 0.29) is 6.10 Å². The van der Waals surface area contributed by atoms with Crippen LogP contribution in [0, 0.1) is 11.3 Å². The molecule has 0 spiro atoms. The van der Waals surface area contributed by atoms with Crippen LogP contribution in [0.2, 0.25) is 0 Å². The first-order valence-electron chi connectivity index (χ1n) is 6.07. The number of hydrogen-bond acceptors (Lipinski definition) is 3. The third kappa shape index (κ3) is 3.74. The highest BCUT2D eigenvalue weighted by Gasteiger charge is 2.45. The van der Waals surface area contributed by atoms with Crippen LogP contribution in [0.1, 0.15) is 33.1 Å². The molecule has 15 heavy (non-hydrogen) atoms. The summed E-state index contributed by atoms with van der Waals surface area (Å²) in [7, 11) is 0. The minimum atomic E-state index is -0.347. The normalized spacial score (nSPS) is 30.2. The predicted molar refractivity (Wildman–Crippen MR) is 59.7 cm³/mol. The van der Waals surface area contributed by atoms with Crippen molar-refractivity contribution in [2.24, 2.45) is 11.3 Å². The van der Waals surface area contributed by atoms with Gasteiger partial charge in [-0.15, -0.1) is 0 Å². The summed E-state index contributed by atoms with van der Waals surface area (Å²) in [5, 5.41) is 13.0. The zero-order valence-corrected chi connectivity index (χ0v) is 9.83. The van der Waals surface area contributed by atoms with E-state index in [2.05, 4.69) is 19.2 Å². The minimum absolute atomic E-state index is 0.347. The number of hydrogen-bond donors (Lipinski definition) is 2. The Kier molecular flexibility index (Phi) is 3.33. The van der Waals surface area contributed by atoms with Crippen molar-refractivity contribution >= 4 is 0 Å². The van der Waals surface area contributed by atoms with Gasteiger partial charge in [0.25, 0.3) is 0 Å². The summed E-state index contributed by atoms with van der Waals surface area (Å²) in [5.41, 5.74) is 0.439. The molecule has 2 unspecified atom stereocenters. The van der Waals surface area contributed by atoms with Crippen LogP contribution in [0.15, 0.2) is 0 Å². The van der Waals surface area contributed by atoms with Gasteiger partial charge < -0.3 is 15.2 Å². The van der Waals surface area contributed by atoms with Crippen molar-refractivity contribution < 1.29 is 9.84 Å². The van der Waals surface area contributed by atoms with Gasteiger partial charge in [-0.25, -0.2) is 0 Å². The van der Waals surface area contributed by atoms with Gasteiger partial charge >= 0.3 is 0 Å². The lowest BCUT2D eigenvalue weighted by molar-refractivity contribution is 0.0321. The van der Waals surface area contributed by atoms with Crippen molar-refractivity contribution in [3.05, 3.63) is 0 Å². The molecule has 2 aliphatic rings. The molecule has 2 N–H and O–H groups in total. The van der Waals surface area contributed by atoms with Crippen LogP contribution in [-0.4, -0.2) is 37.0 Å². The van der Waals surface area contributed by atoms with Gasteiger partial charge in [-0.3, -0.25) is 0 Å². The number of ether oxygens (including phenoxy) is 1. The van der Waals surface area contributed by atoms with Gasteiger partial charge in [0.1, 0.15) is 0 Å². The largest absolute Gasteiger partial charge is 0.389 e. The van der Waals surface area contributed by atoms with Crippen molar-refractivity contribution in [2.75, 3.05) is 19.8 Å². The molecule has 2 atom stereocenters. The molecule has 3 heteroatoms. The molecule has 2 aliphatic carbocycles. The molecule has 2 rings (SSSR count). The van der Waals surface area contributed by atoms with Crippen molar-refractivity contribution in [2.45, 2.75) is 45.3 Å². The molecule has 0 aromatic carbocycles. The highest BCUT2D eigenvalue weighted by molar-refractivity contribution is 5.01. The number of aliphatic hydroxyl groups is 1. The first-order valence-corrected chi connectivity index (χ1v) is 6.07. The second-order valence-electron chi connectivity index (χ2n) is 5.79. The second-order valence-corrected chi connectivity index (χ2v) is 5.79. The molecule has 0 heterocycles. The summed E-state index contributed by atoms with van der Waals surface area (Å²) in [4.78, 5) is 0. The molecule has 0 aromatic rings. The van der Waals surface area contributed by atoms with Gasteiger partial charge in [0.2, 0.25) is 0 Å². The Bertz CT molecular complexity index is 214. The lowest BCUT2D eigenvalue weighted by Crippen LogP contribution is -2.33. The molecule has 2 fully saturated rings. The highest BCUT2D eigenvalue weighted by atomic mass is 16.5. The minimum Gasteiger partial charge on any atom is -0.389 e. The van der Waals surface area contributed by atoms with Crippen LogP contribution >= 0.6 is 0 Å². The Labute approximate surface area is 92.2 Å². The molecule has 0 amide bonds. The lowest BCUT2D eigenvalue weighted by Gasteiger charge is -2.13. The Morgan fingerprint density at radius 2 is 2.13 bits per heavy atom. The standard InChI is InChI=1S/C12H23NO2/c1-12(2)5-11(12)13-6-10(14)8-15-7-9-3-4-9/h9-11,13-14H,3-8H2,1-2H3. The summed E-state index contributed by atoms with van der Waals surface area (Å²) < 4.78 is 5.43. The molecule has 0 radical (unpaired) electrons. The molecule has 0 aromatic heterocycles. The van der Waals surface area contributed by atoms with E-state index in [4.69, 9.17) is 4.74 Å². The molecule has 3 nitrogen and oxygen atoms in total. The van der Waals surface area contributed by atoms with Crippen LogP contribution in [0.5, 0.6) is 0 Å². The molecule has 2 saturated carbocycles. The average Bonchev–Trinajstić information content (AvgIpc) is 3.02. The van der Waals surface area contributed by atoms with Crippen LogP contribution in [-0.2, 0) is 4.74 Å². The molecule has 0 saturated heterocycles. The van der Waals surface area contributed by atoms with E-state index in [1.807, 2.05) is 0 Å². The smallest absolute Gasteiger partial charge is 0.0897 e. The third-order valence-electron chi connectivity index (χ3n) is 3.47. The van der Waals surface area contributed by atoms with E-state index in [1.165, 1.54) is 19.3 Å². The van der Waals surface area contributed by atoms with E-state index >= 15 is 0 Å². The van der Waals surface area contributed by atoms with Crippen molar-refractivity contribution in [3.63, 3.8) is 0 Å². The van der Waals surface area contributed by atoms with Crippen LogP contribution in [0.3, 0.4) is 0 Å². The molecule has 0 aliphatic heterocycles. The second kappa shape index (κ2) is 4.40. The van der Waals surface area contributed by atoms with Crippen LogP contribution in [0.25, 0.3) is 0 Å².